The van der Waals surface area contributed by atoms with E-state index in [1.807, 2.05) is 0 Å². The zero-order valence-electron chi connectivity index (χ0n) is 11.1. The maximum Gasteiger partial charge on any atom is 0.573 e. The summed E-state index contributed by atoms with van der Waals surface area (Å²) in [5.41, 5.74) is 12.6. The van der Waals surface area contributed by atoms with Crippen LogP contribution in [0.5, 0.6) is 11.5 Å². The van der Waals surface area contributed by atoms with E-state index in [0.717, 1.165) is 6.07 Å². The maximum atomic E-state index is 12.3. The predicted molar refractivity (Wildman–Crippen MR) is 73.9 cm³/mol. The highest BCUT2D eigenvalue weighted by atomic mass is 19.4. The number of anilines is 2. The first kappa shape index (κ1) is 14.8. The van der Waals surface area contributed by atoms with Crippen LogP contribution < -0.4 is 20.9 Å². The molecule has 4 N–H and O–H groups in total. The number of ether oxygens (including phenoxy) is 2. The summed E-state index contributed by atoms with van der Waals surface area (Å²) in [7, 11) is 1.51. The van der Waals surface area contributed by atoms with Gasteiger partial charge in [0.2, 0.25) is 0 Å². The summed E-state index contributed by atoms with van der Waals surface area (Å²) < 4.78 is 45.8. The second-order valence-corrected chi connectivity index (χ2v) is 4.25. The molecular weight excluding hydrogens is 285 g/mol. The van der Waals surface area contributed by atoms with Gasteiger partial charge in [0.15, 0.2) is 0 Å². The molecule has 0 saturated carbocycles. The normalized spacial score (nSPS) is 11.2. The Bertz CT molecular complexity index is 640. The van der Waals surface area contributed by atoms with Crippen LogP contribution in [-0.2, 0) is 0 Å². The lowest BCUT2D eigenvalue weighted by atomic mass is 10.0. The van der Waals surface area contributed by atoms with Crippen molar-refractivity contribution in [3.63, 3.8) is 0 Å². The van der Waals surface area contributed by atoms with E-state index in [1.54, 1.807) is 24.3 Å². The lowest BCUT2D eigenvalue weighted by Gasteiger charge is -2.14. The molecule has 0 unspecified atom stereocenters. The van der Waals surface area contributed by atoms with Gasteiger partial charge in [-0.05, 0) is 23.8 Å². The summed E-state index contributed by atoms with van der Waals surface area (Å²) in [6.07, 6.45) is -4.79. The minimum atomic E-state index is -4.79. The minimum absolute atomic E-state index is 0.0163. The van der Waals surface area contributed by atoms with Crippen molar-refractivity contribution in [1.82, 2.24) is 0 Å². The molecule has 0 amide bonds. The summed E-state index contributed by atoms with van der Waals surface area (Å²) in [4.78, 5) is 0. The van der Waals surface area contributed by atoms with Gasteiger partial charge in [0.05, 0.1) is 18.5 Å². The van der Waals surface area contributed by atoms with E-state index >= 15 is 0 Å². The Balaban J connectivity index is 2.46. The molecule has 0 radical (unpaired) electrons. The summed E-state index contributed by atoms with van der Waals surface area (Å²) in [6.45, 7) is 0. The number of methoxy groups -OCH3 is 1. The molecule has 0 aliphatic heterocycles. The third-order valence-corrected chi connectivity index (χ3v) is 2.82. The molecule has 2 rings (SSSR count). The standard InChI is InChI=1S/C14H13F3N2O2/c1-20-9-4-2-8(3-5-9)11-6-10(21-14(15,16)17)7-12(18)13(11)19/h2-7H,18-19H2,1H3. The van der Waals surface area contributed by atoms with Crippen molar-refractivity contribution < 1.29 is 22.6 Å². The molecule has 2 aromatic rings. The van der Waals surface area contributed by atoms with Crippen molar-refractivity contribution in [3.8, 4) is 22.6 Å². The number of hydrogen-bond acceptors (Lipinski definition) is 4. The molecule has 21 heavy (non-hydrogen) atoms. The van der Waals surface area contributed by atoms with Crippen LogP contribution in [0.4, 0.5) is 24.5 Å². The second kappa shape index (κ2) is 5.43. The number of benzene rings is 2. The Kier molecular flexibility index (Phi) is 3.84. The van der Waals surface area contributed by atoms with Crippen LogP contribution in [0.15, 0.2) is 36.4 Å². The van der Waals surface area contributed by atoms with E-state index in [0.29, 0.717) is 16.9 Å². The first-order valence-electron chi connectivity index (χ1n) is 5.89. The van der Waals surface area contributed by atoms with Crippen molar-refractivity contribution in [2.75, 3.05) is 18.6 Å². The number of hydrogen-bond donors (Lipinski definition) is 2. The Labute approximate surface area is 119 Å². The van der Waals surface area contributed by atoms with Crippen molar-refractivity contribution in [3.05, 3.63) is 36.4 Å². The van der Waals surface area contributed by atoms with Crippen molar-refractivity contribution in [2.24, 2.45) is 0 Å². The average Bonchev–Trinajstić information content (AvgIpc) is 2.41. The molecule has 0 bridgehead atoms. The number of nitrogens with two attached hydrogens (primary N) is 2. The van der Waals surface area contributed by atoms with Gasteiger partial charge in [0.1, 0.15) is 11.5 Å². The highest BCUT2D eigenvalue weighted by molar-refractivity contribution is 5.86. The lowest BCUT2D eigenvalue weighted by Crippen LogP contribution is -2.17. The summed E-state index contributed by atoms with van der Waals surface area (Å²) >= 11 is 0. The maximum absolute atomic E-state index is 12.3. The molecule has 7 heteroatoms. The minimum Gasteiger partial charge on any atom is -0.497 e. The van der Waals surface area contributed by atoms with Crippen LogP contribution in [0.3, 0.4) is 0 Å². The van der Waals surface area contributed by atoms with Crippen molar-refractivity contribution in [2.45, 2.75) is 6.36 Å². The molecule has 112 valence electrons. The fourth-order valence-corrected chi connectivity index (χ4v) is 1.85. The van der Waals surface area contributed by atoms with Gasteiger partial charge in [-0.1, -0.05) is 12.1 Å². The molecular formula is C14H13F3N2O2. The van der Waals surface area contributed by atoms with E-state index in [2.05, 4.69) is 4.74 Å². The van der Waals surface area contributed by atoms with Gasteiger partial charge in [-0.15, -0.1) is 13.2 Å². The molecule has 0 saturated heterocycles. The van der Waals surface area contributed by atoms with E-state index < -0.39 is 12.1 Å². The van der Waals surface area contributed by atoms with Crippen LogP contribution in [0.1, 0.15) is 0 Å². The van der Waals surface area contributed by atoms with E-state index in [9.17, 15) is 13.2 Å². The monoisotopic (exact) mass is 298 g/mol. The Morgan fingerprint density at radius 1 is 0.952 bits per heavy atom. The Morgan fingerprint density at radius 2 is 1.57 bits per heavy atom. The molecule has 0 fully saturated rings. The van der Waals surface area contributed by atoms with Gasteiger partial charge in [-0.25, -0.2) is 0 Å². The zero-order chi connectivity index (χ0) is 15.6. The van der Waals surface area contributed by atoms with Crippen LogP contribution in [0.2, 0.25) is 0 Å². The quantitative estimate of drug-likeness (QED) is 0.852. The van der Waals surface area contributed by atoms with Crippen LogP contribution >= 0.6 is 0 Å². The SMILES string of the molecule is COc1ccc(-c2cc(OC(F)(F)F)cc(N)c2N)cc1. The van der Waals surface area contributed by atoms with Crippen LogP contribution in [0.25, 0.3) is 11.1 Å². The fourth-order valence-electron chi connectivity index (χ4n) is 1.85. The smallest absolute Gasteiger partial charge is 0.497 e. The topological polar surface area (TPSA) is 70.5 Å². The van der Waals surface area contributed by atoms with Crippen molar-refractivity contribution >= 4 is 11.4 Å². The molecule has 4 nitrogen and oxygen atoms in total. The highest BCUT2D eigenvalue weighted by Gasteiger charge is 2.31. The summed E-state index contributed by atoms with van der Waals surface area (Å²) in [6, 6.07) is 8.91. The van der Waals surface area contributed by atoms with Gasteiger partial charge in [0.25, 0.3) is 0 Å². The Morgan fingerprint density at radius 3 is 2.10 bits per heavy atom. The zero-order valence-corrected chi connectivity index (χ0v) is 11.1. The lowest BCUT2D eigenvalue weighted by molar-refractivity contribution is -0.274. The number of halogens is 3. The molecule has 0 aromatic heterocycles. The number of rotatable bonds is 3. The van der Waals surface area contributed by atoms with Gasteiger partial charge >= 0.3 is 6.36 Å². The largest absolute Gasteiger partial charge is 0.573 e. The molecule has 0 atom stereocenters. The van der Waals surface area contributed by atoms with Crippen LogP contribution in [-0.4, -0.2) is 13.5 Å². The van der Waals surface area contributed by atoms with Crippen molar-refractivity contribution in [1.29, 1.82) is 0 Å². The predicted octanol–water partition coefficient (Wildman–Crippen LogP) is 3.43. The van der Waals surface area contributed by atoms with Gasteiger partial charge in [-0.3, -0.25) is 0 Å². The average molecular weight is 298 g/mol. The fraction of sp³-hybridized carbons (Fsp3) is 0.143. The van der Waals surface area contributed by atoms with Gasteiger partial charge in [0, 0.05) is 11.6 Å². The van der Waals surface area contributed by atoms with Gasteiger partial charge < -0.3 is 20.9 Å². The molecule has 0 aliphatic rings. The van der Waals surface area contributed by atoms with E-state index in [1.165, 1.54) is 13.2 Å². The summed E-state index contributed by atoms with van der Waals surface area (Å²) in [5, 5.41) is 0. The molecule has 0 aliphatic carbocycles. The molecule has 2 aromatic carbocycles. The number of alkyl halides is 3. The second-order valence-electron chi connectivity index (χ2n) is 4.25. The van der Waals surface area contributed by atoms with E-state index in [4.69, 9.17) is 16.2 Å². The highest BCUT2D eigenvalue weighted by Crippen LogP contribution is 2.37. The summed E-state index contributed by atoms with van der Waals surface area (Å²) in [5.74, 6) is 0.202. The molecule has 0 spiro atoms. The van der Waals surface area contributed by atoms with Crippen LogP contribution in [0, 0.1) is 0 Å². The third kappa shape index (κ3) is 3.50. The first-order valence-corrected chi connectivity index (χ1v) is 5.89. The van der Waals surface area contributed by atoms with E-state index in [-0.39, 0.29) is 11.4 Å². The molecule has 0 heterocycles. The Hall–Kier alpha value is -2.57. The van der Waals surface area contributed by atoms with Gasteiger partial charge in [-0.2, -0.15) is 0 Å². The third-order valence-electron chi connectivity index (χ3n) is 2.82. The number of nitrogen functional groups attached to an aromatic ring is 2. The first-order chi connectivity index (χ1) is 9.80.